The minimum Gasteiger partial charge on any atom is -0.383 e. The Morgan fingerprint density at radius 1 is 1.10 bits per heavy atom. The monoisotopic (exact) mass is 415 g/mol. The SMILES string of the molecule is COCCN(Cc1nc2ccccc2c(=O)[nH]1)S(=O)(=O)c1ccc(C(C)C)cc1. The Hall–Kier alpha value is -2.55. The number of H-pyrrole nitrogens is 1. The second kappa shape index (κ2) is 8.86. The van der Waals surface area contributed by atoms with Crippen LogP contribution in [0.15, 0.2) is 58.2 Å². The number of fused-ring (bicyclic) bond motifs is 1. The summed E-state index contributed by atoms with van der Waals surface area (Å²) in [6.45, 7) is 4.41. The molecule has 7 nitrogen and oxygen atoms in total. The highest BCUT2D eigenvalue weighted by atomic mass is 32.2. The molecule has 0 fully saturated rings. The number of sulfonamides is 1. The molecule has 0 unspecified atom stereocenters. The number of hydrogen-bond donors (Lipinski definition) is 1. The smallest absolute Gasteiger partial charge is 0.258 e. The lowest BCUT2D eigenvalue weighted by molar-refractivity contribution is 0.176. The summed E-state index contributed by atoms with van der Waals surface area (Å²) in [5.41, 5.74) is 1.29. The normalized spacial score (nSPS) is 12.2. The van der Waals surface area contributed by atoms with E-state index in [-0.39, 0.29) is 36.0 Å². The van der Waals surface area contributed by atoms with E-state index in [1.165, 1.54) is 11.4 Å². The van der Waals surface area contributed by atoms with Crippen molar-refractivity contribution in [1.29, 1.82) is 0 Å². The number of methoxy groups -OCH3 is 1. The van der Waals surface area contributed by atoms with Crippen LogP contribution in [0.2, 0.25) is 0 Å². The van der Waals surface area contributed by atoms with Crippen molar-refractivity contribution in [2.75, 3.05) is 20.3 Å². The lowest BCUT2D eigenvalue weighted by atomic mass is 10.0. The standard InChI is InChI=1S/C21H25N3O4S/c1-15(2)16-8-10-17(11-9-16)29(26,27)24(12-13-28-3)14-20-22-19-7-5-4-6-18(19)21(25)23-20/h4-11,15H,12-14H2,1-3H3,(H,22,23,25). The summed E-state index contributed by atoms with van der Waals surface area (Å²) in [6.07, 6.45) is 0. The van der Waals surface area contributed by atoms with Gasteiger partial charge in [-0.05, 0) is 35.7 Å². The Morgan fingerprint density at radius 3 is 2.45 bits per heavy atom. The molecular formula is C21H25N3O4S. The van der Waals surface area contributed by atoms with Crippen LogP contribution in [0.5, 0.6) is 0 Å². The fourth-order valence-corrected chi connectivity index (χ4v) is 4.41. The van der Waals surface area contributed by atoms with Gasteiger partial charge in [-0.3, -0.25) is 4.79 Å². The maximum absolute atomic E-state index is 13.2. The fourth-order valence-electron chi connectivity index (χ4n) is 3.03. The van der Waals surface area contributed by atoms with Crippen molar-refractivity contribution in [3.8, 4) is 0 Å². The van der Waals surface area contributed by atoms with Crippen molar-refractivity contribution in [2.45, 2.75) is 31.2 Å². The molecule has 0 aliphatic carbocycles. The van der Waals surface area contributed by atoms with Gasteiger partial charge in [0.05, 0.1) is 29.0 Å². The summed E-state index contributed by atoms with van der Waals surface area (Å²) in [6, 6.07) is 13.8. The van der Waals surface area contributed by atoms with Crippen LogP contribution in [0.4, 0.5) is 0 Å². The number of aromatic amines is 1. The van der Waals surface area contributed by atoms with Crippen LogP contribution in [-0.2, 0) is 21.3 Å². The van der Waals surface area contributed by atoms with Gasteiger partial charge in [0, 0.05) is 13.7 Å². The molecule has 0 amide bonds. The number of nitrogens with zero attached hydrogens (tertiary/aromatic N) is 2. The molecule has 1 aromatic heterocycles. The third-order valence-electron chi connectivity index (χ3n) is 4.72. The zero-order valence-electron chi connectivity index (χ0n) is 16.8. The van der Waals surface area contributed by atoms with Gasteiger partial charge in [0.15, 0.2) is 0 Å². The zero-order chi connectivity index (χ0) is 21.0. The third-order valence-corrected chi connectivity index (χ3v) is 6.58. The Labute approximate surface area is 170 Å². The number of aromatic nitrogens is 2. The molecule has 1 heterocycles. The predicted molar refractivity (Wildman–Crippen MR) is 112 cm³/mol. The highest BCUT2D eigenvalue weighted by molar-refractivity contribution is 7.89. The van der Waals surface area contributed by atoms with E-state index >= 15 is 0 Å². The van der Waals surface area contributed by atoms with Crippen LogP contribution in [0.1, 0.15) is 31.2 Å². The minimum atomic E-state index is -3.79. The first-order chi connectivity index (χ1) is 13.8. The maximum atomic E-state index is 13.2. The lowest BCUT2D eigenvalue weighted by Gasteiger charge is -2.22. The number of nitrogens with one attached hydrogen (secondary N) is 1. The Bertz CT molecular complexity index is 1140. The van der Waals surface area contributed by atoms with Crippen molar-refractivity contribution in [3.63, 3.8) is 0 Å². The zero-order valence-corrected chi connectivity index (χ0v) is 17.6. The second-order valence-corrected chi connectivity index (χ2v) is 9.02. The molecule has 3 aromatic rings. The van der Waals surface area contributed by atoms with Crippen LogP contribution < -0.4 is 5.56 Å². The Balaban J connectivity index is 1.96. The molecule has 0 saturated heterocycles. The van der Waals surface area contributed by atoms with Crippen molar-refractivity contribution in [2.24, 2.45) is 0 Å². The third kappa shape index (κ3) is 4.72. The van der Waals surface area contributed by atoms with E-state index in [1.54, 1.807) is 36.4 Å². The molecule has 0 saturated carbocycles. The van der Waals surface area contributed by atoms with Gasteiger partial charge in [0.25, 0.3) is 5.56 Å². The van der Waals surface area contributed by atoms with E-state index in [0.29, 0.717) is 16.8 Å². The highest BCUT2D eigenvalue weighted by Gasteiger charge is 2.25. The molecule has 3 rings (SSSR count). The van der Waals surface area contributed by atoms with Crippen molar-refractivity contribution in [1.82, 2.24) is 14.3 Å². The van der Waals surface area contributed by atoms with E-state index < -0.39 is 10.0 Å². The molecule has 0 aliphatic rings. The number of rotatable bonds is 8. The predicted octanol–water partition coefficient (Wildman–Crippen LogP) is 2.88. The molecule has 2 aromatic carbocycles. The molecule has 8 heteroatoms. The summed E-state index contributed by atoms with van der Waals surface area (Å²) in [5.74, 6) is 0.593. The van der Waals surface area contributed by atoms with Gasteiger partial charge >= 0.3 is 0 Å². The van der Waals surface area contributed by atoms with Gasteiger partial charge in [-0.25, -0.2) is 13.4 Å². The minimum absolute atomic E-state index is 0.0578. The van der Waals surface area contributed by atoms with Crippen LogP contribution in [0.3, 0.4) is 0 Å². The topological polar surface area (TPSA) is 92.4 Å². The first kappa shape index (κ1) is 21.2. The molecular weight excluding hydrogens is 390 g/mol. The van der Waals surface area contributed by atoms with Gasteiger partial charge in [-0.1, -0.05) is 38.1 Å². The van der Waals surface area contributed by atoms with E-state index in [0.717, 1.165) is 5.56 Å². The fraction of sp³-hybridized carbons (Fsp3) is 0.333. The first-order valence-corrected chi connectivity index (χ1v) is 10.8. The van der Waals surface area contributed by atoms with Crippen LogP contribution in [-0.4, -0.2) is 43.0 Å². The van der Waals surface area contributed by atoms with Crippen molar-refractivity contribution < 1.29 is 13.2 Å². The van der Waals surface area contributed by atoms with Gasteiger partial charge in [0.1, 0.15) is 5.82 Å². The largest absolute Gasteiger partial charge is 0.383 e. The summed E-state index contributed by atoms with van der Waals surface area (Å²) >= 11 is 0. The molecule has 0 spiro atoms. The lowest BCUT2D eigenvalue weighted by Crippen LogP contribution is -2.34. The summed E-state index contributed by atoms with van der Waals surface area (Å²) in [4.78, 5) is 19.6. The van der Waals surface area contributed by atoms with Crippen LogP contribution in [0.25, 0.3) is 10.9 Å². The van der Waals surface area contributed by atoms with Gasteiger partial charge in [0.2, 0.25) is 10.0 Å². The maximum Gasteiger partial charge on any atom is 0.258 e. The summed E-state index contributed by atoms with van der Waals surface area (Å²) in [7, 11) is -2.28. The number of hydrogen-bond acceptors (Lipinski definition) is 5. The van der Waals surface area contributed by atoms with Crippen molar-refractivity contribution in [3.05, 3.63) is 70.3 Å². The molecule has 0 radical (unpaired) electrons. The number of ether oxygens (including phenoxy) is 1. The number of para-hydroxylation sites is 1. The van der Waals surface area contributed by atoms with Gasteiger partial charge in [-0.2, -0.15) is 4.31 Å². The quantitative estimate of drug-likeness (QED) is 0.611. The van der Waals surface area contributed by atoms with E-state index in [1.807, 2.05) is 12.1 Å². The van der Waals surface area contributed by atoms with Crippen LogP contribution in [0, 0.1) is 0 Å². The van der Waals surface area contributed by atoms with Gasteiger partial charge in [-0.15, -0.1) is 0 Å². The van der Waals surface area contributed by atoms with Crippen molar-refractivity contribution >= 4 is 20.9 Å². The van der Waals surface area contributed by atoms with E-state index in [2.05, 4.69) is 23.8 Å². The molecule has 154 valence electrons. The van der Waals surface area contributed by atoms with Crippen LogP contribution >= 0.6 is 0 Å². The summed E-state index contributed by atoms with van der Waals surface area (Å²) in [5, 5.41) is 0.465. The Morgan fingerprint density at radius 2 is 1.79 bits per heavy atom. The summed E-state index contributed by atoms with van der Waals surface area (Å²) < 4.78 is 32.8. The first-order valence-electron chi connectivity index (χ1n) is 9.40. The van der Waals surface area contributed by atoms with E-state index in [4.69, 9.17) is 4.74 Å². The molecule has 1 N–H and O–H groups in total. The Kier molecular flexibility index (Phi) is 6.46. The second-order valence-electron chi connectivity index (χ2n) is 7.08. The molecule has 0 atom stereocenters. The highest BCUT2D eigenvalue weighted by Crippen LogP contribution is 2.21. The number of benzene rings is 2. The van der Waals surface area contributed by atoms with E-state index in [9.17, 15) is 13.2 Å². The average molecular weight is 416 g/mol. The van der Waals surface area contributed by atoms with Gasteiger partial charge < -0.3 is 9.72 Å². The average Bonchev–Trinajstić information content (AvgIpc) is 2.71. The molecule has 29 heavy (non-hydrogen) atoms. The molecule has 0 bridgehead atoms. The molecule has 0 aliphatic heterocycles.